The Morgan fingerprint density at radius 2 is 1.67 bits per heavy atom. The molecule has 2 nitrogen and oxygen atoms in total. The monoisotopic (exact) mass is 215 g/mol. The summed E-state index contributed by atoms with van der Waals surface area (Å²) in [5.74, 6) is 0.970. The number of aliphatic hydroxyl groups is 1. The van der Waals surface area contributed by atoms with Crippen molar-refractivity contribution in [3.8, 4) is 0 Å². The Bertz CT molecular complexity index is 166. The SMILES string of the molecule is CCC(NCC(C)(O)C(C)CC)C(C)C. The number of hydrogen-bond acceptors (Lipinski definition) is 2. The fraction of sp³-hybridized carbons (Fsp3) is 1.00. The summed E-state index contributed by atoms with van der Waals surface area (Å²) in [5.41, 5.74) is -0.586. The average Bonchev–Trinajstić information content (AvgIpc) is 2.16. The van der Waals surface area contributed by atoms with Gasteiger partial charge in [-0.25, -0.2) is 0 Å². The molecule has 0 saturated heterocycles. The van der Waals surface area contributed by atoms with Crippen molar-refractivity contribution in [2.24, 2.45) is 11.8 Å². The normalized spacial score (nSPS) is 20.0. The highest BCUT2D eigenvalue weighted by atomic mass is 16.3. The first-order chi connectivity index (χ1) is 6.85. The third kappa shape index (κ3) is 4.98. The van der Waals surface area contributed by atoms with E-state index in [1.54, 1.807) is 0 Å². The van der Waals surface area contributed by atoms with Crippen molar-refractivity contribution >= 4 is 0 Å². The molecule has 0 aliphatic heterocycles. The van der Waals surface area contributed by atoms with Gasteiger partial charge < -0.3 is 10.4 Å². The summed E-state index contributed by atoms with van der Waals surface area (Å²) in [6.07, 6.45) is 2.14. The second-order valence-electron chi connectivity index (χ2n) is 5.31. The van der Waals surface area contributed by atoms with Crippen LogP contribution in [0, 0.1) is 11.8 Å². The Kier molecular flexibility index (Phi) is 6.46. The lowest BCUT2D eigenvalue weighted by molar-refractivity contribution is 0.00196. The summed E-state index contributed by atoms with van der Waals surface area (Å²) in [5, 5.41) is 13.7. The van der Waals surface area contributed by atoms with Crippen LogP contribution in [0.3, 0.4) is 0 Å². The second-order valence-corrected chi connectivity index (χ2v) is 5.31. The Labute approximate surface area is 95.5 Å². The van der Waals surface area contributed by atoms with Gasteiger partial charge in [-0.2, -0.15) is 0 Å². The Morgan fingerprint density at radius 1 is 1.13 bits per heavy atom. The van der Waals surface area contributed by atoms with Gasteiger partial charge in [0.2, 0.25) is 0 Å². The van der Waals surface area contributed by atoms with Crippen molar-refractivity contribution in [1.82, 2.24) is 5.32 Å². The van der Waals surface area contributed by atoms with Gasteiger partial charge in [0, 0.05) is 12.6 Å². The van der Waals surface area contributed by atoms with E-state index in [0.29, 0.717) is 24.4 Å². The summed E-state index contributed by atoms with van der Waals surface area (Å²) in [4.78, 5) is 0. The van der Waals surface area contributed by atoms with E-state index in [4.69, 9.17) is 0 Å². The number of rotatable bonds is 7. The van der Waals surface area contributed by atoms with Gasteiger partial charge in [-0.3, -0.25) is 0 Å². The molecule has 2 N–H and O–H groups in total. The highest BCUT2D eigenvalue weighted by Gasteiger charge is 2.27. The molecule has 0 bridgehead atoms. The van der Waals surface area contributed by atoms with E-state index in [-0.39, 0.29) is 0 Å². The minimum absolute atomic E-state index is 0.342. The van der Waals surface area contributed by atoms with E-state index < -0.39 is 5.60 Å². The maximum atomic E-state index is 10.2. The lowest BCUT2D eigenvalue weighted by Crippen LogP contribution is -2.47. The van der Waals surface area contributed by atoms with Crippen LogP contribution >= 0.6 is 0 Å². The van der Waals surface area contributed by atoms with Gasteiger partial charge in [-0.1, -0.05) is 41.0 Å². The predicted molar refractivity (Wildman–Crippen MR) is 67.0 cm³/mol. The summed E-state index contributed by atoms with van der Waals surface area (Å²) in [7, 11) is 0. The zero-order valence-electron chi connectivity index (χ0n) is 11.3. The maximum absolute atomic E-state index is 10.2. The highest BCUT2D eigenvalue weighted by molar-refractivity contribution is 4.83. The Balaban J connectivity index is 4.12. The van der Waals surface area contributed by atoms with Crippen LogP contribution in [0.1, 0.15) is 54.4 Å². The minimum Gasteiger partial charge on any atom is -0.389 e. The molecule has 3 atom stereocenters. The van der Waals surface area contributed by atoms with Crippen molar-refractivity contribution in [2.45, 2.75) is 66.0 Å². The van der Waals surface area contributed by atoms with Crippen molar-refractivity contribution in [1.29, 1.82) is 0 Å². The molecule has 0 aliphatic carbocycles. The van der Waals surface area contributed by atoms with Crippen molar-refractivity contribution in [2.75, 3.05) is 6.54 Å². The molecular formula is C13H29NO. The summed E-state index contributed by atoms with van der Waals surface area (Å²) in [6.45, 7) is 13.5. The molecule has 0 fully saturated rings. The topological polar surface area (TPSA) is 32.3 Å². The van der Waals surface area contributed by atoms with Gasteiger partial charge in [-0.15, -0.1) is 0 Å². The molecule has 0 aromatic rings. The first-order valence-electron chi connectivity index (χ1n) is 6.30. The fourth-order valence-corrected chi connectivity index (χ4v) is 1.80. The molecule has 15 heavy (non-hydrogen) atoms. The first-order valence-corrected chi connectivity index (χ1v) is 6.30. The van der Waals surface area contributed by atoms with E-state index in [2.05, 4.69) is 39.9 Å². The molecule has 0 rings (SSSR count). The number of hydrogen-bond donors (Lipinski definition) is 2. The van der Waals surface area contributed by atoms with Crippen LogP contribution < -0.4 is 5.32 Å². The Hall–Kier alpha value is -0.0800. The van der Waals surface area contributed by atoms with Crippen molar-refractivity contribution in [3.05, 3.63) is 0 Å². The third-order valence-electron chi connectivity index (χ3n) is 3.64. The van der Waals surface area contributed by atoms with Crippen molar-refractivity contribution in [3.63, 3.8) is 0 Å². The largest absolute Gasteiger partial charge is 0.389 e. The maximum Gasteiger partial charge on any atom is 0.0768 e. The standard InChI is InChI=1S/C13H29NO/c1-7-11(5)13(6,15)9-14-12(8-2)10(3)4/h10-12,14-15H,7-9H2,1-6H3. The third-order valence-corrected chi connectivity index (χ3v) is 3.64. The fourth-order valence-electron chi connectivity index (χ4n) is 1.80. The zero-order chi connectivity index (χ0) is 12.1. The van der Waals surface area contributed by atoms with Gasteiger partial charge in [0.05, 0.1) is 5.60 Å². The molecule has 3 unspecified atom stereocenters. The van der Waals surface area contributed by atoms with Crippen LogP contribution in [0.25, 0.3) is 0 Å². The van der Waals surface area contributed by atoms with Crippen LogP contribution in [0.2, 0.25) is 0 Å². The van der Waals surface area contributed by atoms with Gasteiger partial charge in [0.1, 0.15) is 0 Å². The lowest BCUT2D eigenvalue weighted by Gasteiger charge is -2.33. The molecule has 0 saturated carbocycles. The smallest absolute Gasteiger partial charge is 0.0768 e. The van der Waals surface area contributed by atoms with E-state index in [9.17, 15) is 5.11 Å². The summed E-state index contributed by atoms with van der Waals surface area (Å²) in [6, 6.07) is 0.514. The second kappa shape index (κ2) is 6.49. The summed E-state index contributed by atoms with van der Waals surface area (Å²) >= 11 is 0. The molecule has 0 aliphatic rings. The quantitative estimate of drug-likeness (QED) is 0.684. The number of nitrogens with one attached hydrogen (secondary N) is 1. The van der Waals surface area contributed by atoms with Crippen LogP contribution in [-0.4, -0.2) is 23.3 Å². The van der Waals surface area contributed by atoms with Gasteiger partial charge in [0.15, 0.2) is 0 Å². The van der Waals surface area contributed by atoms with Gasteiger partial charge >= 0.3 is 0 Å². The molecule has 2 heteroatoms. The molecule has 0 heterocycles. The Morgan fingerprint density at radius 3 is 2.00 bits per heavy atom. The predicted octanol–water partition coefficient (Wildman–Crippen LogP) is 2.81. The molecule has 0 amide bonds. The van der Waals surface area contributed by atoms with Crippen LogP contribution in [0.4, 0.5) is 0 Å². The molecule has 0 aromatic carbocycles. The van der Waals surface area contributed by atoms with E-state index in [1.165, 1.54) is 0 Å². The average molecular weight is 215 g/mol. The van der Waals surface area contributed by atoms with Crippen LogP contribution in [-0.2, 0) is 0 Å². The molecular weight excluding hydrogens is 186 g/mol. The van der Waals surface area contributed by atoms with Crippen molar-refractivity contribution < 1.29 is 5.11 Å². The van der Waals surface area contributed by atoms with E-state index in [1.807, 2.05) is 6.92 Å². The molecule has 0 aromatic heterocycles. The van der Waals surface area contributed by atoms with E-state index >= 15 is 0 Å². The van der Waals surface area contributed by atoms with Crippen LogP contribution in [0.15, 0.2) is 0 Å². The molecule has 0 radical (unpaired) electrons. The van der Waals surface area contributed by atoms with Gasteiger partial charge in [-0.05, 0) is 25.2 Å². The first kappa shape index (κ1) is 14.9. The van der Waals surface area contributed by atoms with E-state index in [0.717, 1.165) is 12.8 Å². The lowest BCUT2D eigenvalue weighted by atomic mass is 9.88. The van der Waals surface area contributed by atoms with Crippen LogP contribution in [0.5, 0.6) is 0 Å². The minimum atomic E-state index is -0.586. The van der Waals surface area contributed by atoms with Gasteiger partial charge in [0.25, 0.3) is 0 Å². The summed E-state index contributed by atoms with van der Waals surface area (Å²) < 4.78 is 0. The highest BCUT2D eigenvalue weighted by Crippen LogP contribution is 2.19. The molecule has 92 valence electrons. The zero-order valence-corrected chi connectivity index (χ0v) is 11.3. The molecule has 0 spiro atoms.